The summed E-state index contributed by atoms with van der Waals surface area (Å²) < 4.78 is 39.0. The summed E-state index contributed by atoms with van der Waals surface area (Å²) >= 11 is 0. The summed E-state index contributed by atoms with van der Waals surface area (Å²) in [6.45, 7) is 15.9. The molecule has 0 heterocycles. The Hall–Kier alpha value is -0.693. The molecule has 4 nitrogen and oxygen atoms in total. The van der Waals surface area contributed by atoms with Gasteiger partial charge in [-0.05, 0) is 55.4 Å². The lowest BCUT2D eigenvalue weighted by Gasteiger charge is -2.36. The highest BCUT2D eigenvalue weighted by atomic mass is 32.2. The lowest BCUT2D eigenvalue weighted by atomic mass is 9.93. The smallest absolute Gasteiger partial charge is 0.294 e. The second-order valence-electron chi connectivity index (χ2n) is 8.46. The minimum atomic E-state index is -4.19. The van der Waals surface area contributed by atoms with E-state index in [2.05, 4.69) is 40.8 Å². The van der Waals surface area contributed by atoms with E-state index < -0.39 is 18.4 Å². The van der Waals surface area contributed by atoms with Crippen molar-refractivity contribution in [2.45, 2.75) is 76.9 Å². The molecule has 0 aliphatic rings. The zero-order chi connectivity index (χ0) is 19.5. The molecule has 0 aliphatic carbocycles. The van der Waals surface area contributed by atoms with Crippen molar-refractivity contribution >= 4 is 18.4 Å². The minimum absolute atomic E-state index is 0.0295. The molecule has 0 aromatic heterocycles. The molecule has 0 radical (unpaired) electrons. The molecule has 0 unspecified atom stereocenters. The monoisotopic (exact) mass is 386 g/mol. The van der Waals surface area contributed by atoms with E-state index in [4.69, 9.17) is 4.43 Å². The SMILES string of the molecule is CC[C@@H](CCO[Si](C)(C)C(C)(C)C)Cc1cc(C)ccc1S(=O)(=O)O. The summed E-state index contributed by atoms with van der Waals surface area (Å²) in [6.07, 6.45) is 2.47. The number of rotatable bonds is 8. The normalized spacial score (nSPS) is 14.6. The van der Waals surface area contributed by atoms with E-state index in [-0.39, 0.29) is 9.93 Å². The third kappa shape index (κ3) is 6.51. The van der Waals surface area contributed by atoms with Crippen molar-refractivity contribution in [1.82, 2.24) is 0 Å². The van der Waals surface area contributed by atoms with Crippen LogP contribution in [0, 0.1) is 12.8 Å². The average Bonchev–Trinajstić information content (AvgIpc) is 2.43. The van der Waals surface area contributed by atoms with Crippen molar-refractivity contribution in [3.8, 4) is 0 Å². The van der Waals surface area contributed by atoms with E-state index in [0.717, 1.165) is 18.4 Å². The second kappa shape index (κ2) is 8.33. The van der Waals surface area contributed by atoms with Crippen LogP contribution in [0.15, 0.2) is 23.1 Å². The van der Waals surface area contributed by atoms with Crippen molar-refractivity contribution in [2.24, 2.45) is 5.92 Å². The molecule has 0 saturated heterocycles. The lowest BCUT2D eigenvalue weighted by Crippen LogP contribution is -2.41. The van der Waals surface area contributed by atoms with Gasteiger partial charge in [-0.1, -0.05) is 51.8 Å². The van der Waals surface area contributed by atoms with Gasteiger partial charge < -0.3 is 4.43 Å². The van der Waals surface area contributed by atoms with Crippen LogP contribution >= 0.6 is 0 Å². The number of hydrogen-bond donors (Lipinski definition) is 1. The zero-order valence-electron chi connectivity index (χ0n) is 16.7. The van der Waals surface area contributed by atoms with Crippen molar-refractivity contribution < 1.29 is 17.4 Å². The van der Waals surface area contributed by atoms with E-state index in [1.54, 1.807) is 6.07 Å². The largest absolute Gasteiger partial charge is 0.417 e. The minimum Gasteiger partial charge on any atom is -0.417 e. The Bertz CT molecular complexity index is 675. The van der Waals surface area contributed by atoms with Crippen LogP contribution in [0.2, 0.25) is 18.1 Å². The fourth-order valence-corrected chi connectivity index (χ4v) is 4.35. The highest BCUT2D eigenvalue weighted by Crippen LogP contribution is 2.36. The third-order valence-electron chi connectivity index (χ3n) is 5.38. The van der Waals surface area contributed by atoms with Crippen LogP contribution in [-0.2, 0) is 21.0 Å². The molecule has 1 atom stereocenters. The highest BCUT2D eigenvalue weighted by Gasteiger charge is 2.37. The quantitative estimate of drug-likeness (QED) is 0.491. The Kier molecular flexibility index (Phi) is 7.45. The van der Waals surface area contributed by atoms with Gasteiger partial charge in [0.2, 0.25) is 0 Å². The third-order valence-corrected chi connectivity index (χ3v) is 10.9. The molecule has 6 heteroatoms. The Morgan fingerprint density at radius 2 is 1.84 bits per heavy atom. The lowest BCUT2D eigenvalue weighted by molar-refractivity contribution is 0.252. The van der Waals surface area contributed by atoms with Gasteiger partial charge in [0.05, 0.1) is 4.90 Å². The van der Waals surface area contributed by atoms with Crippen LogP contribution < -0.4 is 0 Å². The first-order chi connectivity index (χ1) is 11.3. The topological polar surface area (TPSA) is 63.6 Å². The molecule has 1 aromatic carbocycles. The van der Waals surface area contributed by atoms with Crippen molar-refractivity contribution in [3.05, 3.63) is 29.3 Å². The van der Waals surface area contributed by atoms with E-state index in [9.17, 15) is 13.0 Å². The summed E-state index contributed by atoms with van der Waals surface area (Å²) in [5.74, 6) is 0.326. The molecule has 0 bridgehead atoms. The van der Waals surface area contributed by atoms with Gasteiger partial charge in [-0.2, -0.15) is 8.42 Å². The van der Waals surface area contributed by atoms with Crippen LogP contribution in [0.5, 0.6) is 0 Å². The molecule has 1 rings (SSSR count). The van der Waals surface area contributed by atoms with Gasteiger partial charge in [-0.25, -0.2) is 0 Å². The maximum Gasteiger partial charge on any atom is 0.294 e. The Morgan fingerprint density at radius 3 is 2.32 bits per heavy atom. The highest BCUT2D eigenvalue weighted by molar-refractivity contribution is 7.85. The standard InChI is InChI=1S/C19H34O4SSi/c1-8-16(11-12-23-25(6,7)19(3,4)5)14-17-13-15(2)9-10-18(17)24(20,21)22/h9-10,13,16H,8,11-12,14H2,1-7H3,(H,20,21,22)/t16-/m0/s1. The fraction of sp³-hybridized carbons (Fsp3) is 0.684. The molecule has 0 aliphatic heterocycles. The molecule has 0 spiro atoms. The molecule has 144 valence electrons. The molecule has 0 saturated carbocycles. The number of aryl methyl sites for hydroxylation is 1. The summed E-state index contributed by atoms with van der Waals surface area (Å²) in [4.78, 5) is 0.0295. The maximum atomic E-state index is 11.6. The second-order valence-corrected chi connectivity index (χ2v) is 14.7. The first-order valence-corrected chi connectivity index (χ1v) is 13.3. The molecular weight excluding hydrogens is 352 g/mol. The molecule has 0 fully saturated rings. The van der Waals surface area contributed by atoms with Crippen LogP contribution in [-0.4, -0.2) is 27.9 Å². The number of hydrogen-bond acceptors (Lipinski definition) is 3. The Balaban J connectivity index is 2.83. The van der Waals surface area contributed by atoms with Crippen LogP contribution in [0.25, 0.3) is 0 Å². The van der Waals surface area contributed by atoms with Crippen LogP contribution in [0.3, 0.4) is 0 Å². The predicted molar refractivity (Wildman–Crippen MR) is 106 cm³/mol. The molecular formula is C19H34O4SSi. The summed E-state index contributed by atoms with van der Waals surface area (Å²) in [6, 6.07) is 5.08. The summed E-state index contributed by atoms with van der Waals surface area (Å²) in [5, 5.41) is 0.184. The van der Waals surface area contributed by atoms with Gasteiger partial charge in [0, 0.05) is 6.61 Å². The molecule has 1 aromatic rings. The predicted octanol–water partition coefficient (Wildman–Crippen LogP) is 5.22. The first kappa shape index (κ1) is 22.3. The van der Waals surface area contributed by atoms with Gasteiger partial charge >= 0.3 is 0 Å². The van der Waals surface area contributed by atoms with E-state index in [1.165, 1.54) is 6.07 Å². The molecule has 1 N–H and O–H groups in total. The number of benzene rings is 1. The van der Waals surface area contributed by atoms with Crippen molar-refractivity contribution in [1.29, 1.82) is 0 Å². The zero-order valence-corrected chi connectivity index (χ0v) is 18.5. The first-order valence-electron chi connectivity index (χ1n) is 8.99. The van der Waals surface area contributed by atoms with Gasteiger partial charge in [-0.3, -0.25) is 4.55 Å². The summed E-state index contributed by atoms with van der Waals surface area (Å²) in [5.41, 5.74) is 1.69. The van der Waals surface area contributed by atoms with E-state index in [0.29, 0.717) is 24.5 Å². The fourth-order valence-electron chi connectivity index (χ4n) is 2.58. The van der Waals surface area contributed by atoms with Crippen LogP contribution in [0.1, 0.15) is 51.7 Å². The Labute approximate surface area is 154 Å². The van der Waals surface area contributed by atoms with Gasteiger partial charge in [0.25, 0.3) is 10.1 Å². The van der Waals surface area contributed by atoms with Gasteiger partial charge in [-0.15, -0.1) is 0 Å². The van der Waals surface area contributed by atoms with Gasteiger partial charge in [0.15, 0.2) is 8.32 Å². The van der Waals surface area contributed by atoms with Crippen molar-refractivity contribution in [3.63, 3.8) is 0 Å². The molecule has 0 amide bonds. The van der Waals surface area contributed by atoms with E-state index >= 15 is 0 Å². The Morgan fingerprint density at radius 1 is 1.24 bits per heavy atom. The van der Waals surface area contributed by atoms with Crippen molar-refractivity contribution in [2.75, 3.05) is 6.61 Å². The maximum absolute atomic E-state index is 11.6. The summed E-state index contributed by atoms with van der Waals surface area (Å²) in [7, 11) is -5.95. The van der Waals surface area contributed by atoms with Gasteiger partial charge in [0.1, 0.15) is 0 Å². The van der Waals surface area contributed by atoms with E-state index in [1.807, 2.05) is 13.0 Å². The average molecular weight is 387 g/mol. The van der Waals surface area contributed by atoms with Crippen LogP contribution in [0.4, 0.5) is 0 Å². The molecule has 25 heavy (non-hydrogen) atoms.